The number of aliphatic hydroxyl groups is 1. The van der Waals surface area contributed by atoms with E-state index in [1.165, 1.54) is 6.33 Å². The number of fused-ring (bicyclic) bond motifs is 2. The first-order valence-corrected chi connectivity index (χ1v) is 12.1. The van der Waals surface area contributed by atoms with Gasteiger partial charge in [-0.05, 0) is 44.7 Å². The molecule has 2 aliphatic rings. The van der Waals surface area contributed by atoms with Gasteiger partial charge in [0.15, 0.2) is 11.5 Å². The number of aromatic nitrogens is 6. The van der Waals surface area contributed by atoms with E-state index >= 15 is 4.39 Å². The average molecular weight is 506 g/mol. The lowest BCUT2D eigenvalue weighted by molar-refractivity contribution is 0.0935. The molecule has 1 aliphatic carbocycles. The molecule has 5 heterocycles. The van der Waals surface area contributed by atoms with E-state index in [2.05, 4.69) is 37.2 Å². The minimum atomic E-state index is -1.21. The monoisotopic (exact) mass is 505 g/mol. The Morgan fingerprint density at radius 3 is 2.89 bits per heavy atom. The molecular formula is C26H25F2N7O2. The Morgan fingerprint density at radius 1 is 1.35 bits per heavy atom. The molecule has 1 amide bonds. The Morgan fingerprint density at radius 2 is 2.16 bits per heavy atom. The quantitative estimate of drug-likeness (QED) is 0.361. The molecule has 4 aromatic rings. The second-order valence-electron chi connectivity index (χ2n) is 10.1. The van der Waals surface area contributed by atoms with E-state index in [-0.39, 0.29) is 35.8 Å². The molecule has 0 radical (unpaired) electrons. The molecular weight excluding hydrogens is 480 g/mol. The summed E-state index contributed by atoms with van der Waals surface area (Å²) in [6, 6.07) is 3.89. The lowest BCUT2D eigenvalue weighted by Crippen LogP contribution is -2.31. The van der Waals surface area contributed by atoms with Crippen LogP contribution in [0.15, 0.2) is 30.7 Å². The van der Waals surface area contributed by atoms with Crippen LogP contribution in [0.2, 0.25) is 0 Å². The fourth-order valence-electron chi connectivity index (χ4n) is 4.64. The highest BCUT2D eigenvalue weighted by Crippen LogP contribution is 2.36. The Hall–Kier alpha value is -4.04. The normalized spacial score (nSPS) is 17.9. The Bertz CT molecular complexity index is 1580. The molecule has 1 saturated carbocycles. The molecule has 9 nitrogen and oxygen atoms in total. The summed E-state index contributed by atoms with van der Waals surface area (Å²) in [7, 11) is 0. The number of carbonyl (C=O) groups excluding carboxylic acids is 1. The van der Waals surface area contributed by atoms with E-state index in [0.717, 1.165) is 12.8 Å². The largest absolute Gasteiger partial charge is 0.378 e. The van der Waals surface area contributed by atoms with Crippen molar-refractivity contribution in [3.05, 3.63) is 65.0 Å². The minimum Gasteiger partial charge on any atom is -0.378 e. The molecule has 0 saturated heterocycles. The van der Waals surface area contributed by atoms with Crippen molar-refractivity contribution in [1.82, 2.24) is 34.6 Å². The van der Waals surface area contributed by atoms with Gasteiger partial charge in [0.1, 0.15) is 29.2 Å². The topological polar surface area (TPSA) is 114 Å². The number of H-pyrrole nitrogens is 1. The number of hydrogen-bond donors (Lipinski definition) is 3. The number of nitrogens with one attached hydrogen (secondary N) is 2. The van der Waals surface area contributed by atoms with Crippen molar-refractivity contribution in [3.63, 3.8) is 0 Å². The molecule has 190 valence electrons. The molecule has 1 unspecified atom stereocenters. The first-order valence-electron chi connectivity index (χ1n) is 12.1. The summed E-state index contributed by atoms with van der Waals surface area (Å²) >= 11 is 0. The number of rotatable bonds is 5. The highest BCUT2D eigenvalue weighted by Gasteiger charge is 2.34. The Labute approximate surface area is 210 Å². The third kappa shape index (κ3) is 4.38. The number of pyridine rings is 1. The second-order valence-corrected chi connectivity index (χ2v) is 10.1. The number of aromatic amines is 1. The molecule has 37 heavy (non-hydrogen) atoms. The van der Waals surface area contributed by atoms with Gasteiger partial charge in [0.2, 0.25) is 0 Å². The summed E-state index contributed by atoms with van der Waals surface area (Å²) in [6.07, 6.45) is 3.93. The van der Waals surface area contributed by atoms with Gasteiger partial charge in [-0.15, -0.1) is 0 Å². The molecule has 1 aliphatic heterocycles. The van der Waals surface area contributed by atoms with Crippen molar-refractivity contribution in [1.29, 1.82) is 0 Å². The Kier molecular flexibility index (Phi) is 5.38. The minimum absolute atomic E-state index is 0.0783. The summed E-state index contributed by atoms with van der Waals surface area (Å²) in [5.74, 6) is 4.56. The zero-order valence-corrected chi connectivity index (χ0v) is 20.3. The highest BCUT2D eigenvalue weighted by atomic mass is 19.1. The van der Waals surface area contributed by atoms with E-state index in [1.807, 2.05) is 0 Å². The van der Waals surface area contributed by atoms with Crippen LogP contribution in [0.5, 0.6) is 0 Å². The van der Waals surface area contributed by atoms with Crippen LogP contribution in [0.3, 0.4) is 0 Å². The van der Waals surface area contributed by atoms with Crippen molar-refractivity contribution in [2.75, 3.05) is 0 Å². The maximum Gasteiger partial charge on any atom is 0.272 e. The number of imidazole rings is 1. The summed E-state index contributed by atoms with van der Waals surface area (Å²) in [5, 5.41) is 17.6. The molecule has 0 bridgehead atoms. The van der Waals surface area contributed by atoms with Crippen LogP contribution >= 0.6 is 0 Å². The van der Waals surface area contributed by atoms with E-state index in [9.17, 15) is 14.3 Å². The van der Waals surface area contributed by atoms with Crippen LogP contribution in [0.1, 0.15) is 72.0 Å². The van der Waals surface area contributed by atoms with Gasteiger partial charge >= 0.3 is 0 Å². The third-order valence-corrected chi connectivity index (χ3v) is 6.52. The molecule has 0 aromatic carbocycles. The molecule has 2 atom stereocenters. The van der Waals surface area contributed by atoms with Crippen molar-refractivity contribution < 1.29 is 18.7 Å². The van der Waals surface area contributed by atoms with Gasteiger partial charge in [-0.25, -0.2) is 18.7 Å². The van der Waals surface area contributed by atoms with Gasteiger partial charge in [0, 0.05) is 24.4 Å². The number of alkyl halides is 1. The van der Waals surface area contributed by atoms with Crippen LogP contribution < -0.4 is 5.32 Å². The number of nitrogens with zero attached hydrogens (tertiary/aromatic N) is 5. The number of amides is 1. The van der Waals surface area contributed by atoms with Gasteiger partial charge in [-0.1, -0.05) is 5.92 Å². The van der Waals surface area contributed by atoms with E-state index in [1.54, 1.807) is 47.5 Å². The summed E-state index contributed by atoms with van der Waals surface area (Å²) in [5.41, 5.74) is 0.779. The smallest absolute Gasteiger partial charge is 0.272 e. The SMILES string of the molecule is CC(C)(O)C#Cc1cc(C(=O)NC(c2ncn3c2C[C@@H](F)C3)c2[nH]c3ncccc3c2F)nn1C1CC1. The molecule has 0 spiro atoms. The predicted molar refractivity (Wildman–Crippen MR) is 130 cm³/mol. The molecule has 3 N–H and O–H groups in total. The van der Waals surface area contributed by atoms with Gasteiger partial charge < -0.3 is 20.0 Å². The van der Waals surface area contributed by atoms with E-state index in [4.69, 9.17) is 0 Å². The number of halogens is 2. The lowest BCUT2D eigenvalue weighted by atomic mass is 10.1. The van der Waals surface area contributed by atoms with Crippen molar-refractivity contribution >= 4 is 16.9 Å². The number of hydrogen-bond acceptors (Lipinski definition) is 5. The zero-order chi connectivity index (χ0) is 25.9. The summed E-state index contributed by atoms with van der Waals surface area (Å²) in [6.45, 7) is 3.31. The molecule has 1 fully saturated rings. The predicted octanol–water partition coefficient (Wildman–Crippen LogP) is 2.97. The van der Waals surface area contributed by atoms with Gasteiger partial charge in [-0.2, -0.15) is 5.10 Å². The van der Waals surface area contributed by atoms with Crippen molar-refractivity contribution in [2.24, 2.45) is 0 Å². The van der Waals surface area contributed by atoms with E-state index in [0.29, 0.717) is 22.7 Å². The number of carbonyl (C=O) groups is 1. The van der Waals surface area contributed by atoms with Crippen LogP contribution in [0.25, 0.3) is 11.0 Å². The molecule has 6 rings (SSSR count). The Balaban J connectivity index is 1.40. The van der Waals surface area contributed by atoms with Crippen molar-refractivity contribution in [3.8, 4) is 11.8 Å². The van der Waals surface area contributed by atoms with Crippen LogP contribution in [0.4, 0.5) is 8.78 Å². The first-order chi connectivity index (χ1) is 17.7. The van der Waals surface area contributed by atoms with Gasteiger partial charge in [0.05, 0.1) is 35.7 Å². The maximum atomic E-state index is 15.6. The summed E-state index contributed by atoms with van der Waals surface area (Å²) in [4.78, 5) is 25.1. The zero-order valence-electron chi connectivity index (χ0n) is 20.3. The fraction of sp³-hybridized carbons (Fsp3) is 0.385. The van der Waals surface area contributed by atoms with Crippen LogP contribution in [0, 0.1) is 17.7 Å². The van der Waals surface area contributed by atoms with Crippen LogP contribution in [-0.4, -0.2) is 52.1 Å². The third-order valence-electron chi connectivity index (χ3n) is 6.52. The second kappa shape index (κ2) is 8.52. The molecule has 4 aromatic heterocycles. The fourth-order valence-corrected chi connectivity index (χ4v) is 4.64. The van der Waals surface area contributed by atoms with Crippen LogP contribution in [-0.2, 0) is 13.0 Å². The maximum absolute atomic E-state index is 15.6. The summed E-state index contributed by atoms with van der Waals surface area (Å²) < 4.78 is 33.1. The average Bonchev–Trinajstić information content (AvgIpc) is 3.16. The molecule has 11 heteroatoms. The van der Waals surface area contributed by atoms with Gasteiger partial charge in [0.25, 0.3) is 5.91 Å². The van der Waals surface area contributed by atoms with E-state index < -0.39 is 29.5 Å². The first kappa shape index (κ1) is 23.4. The standard InChI is InChI=1S/C26H25F2N7O2/c1-26(2,37)8-7-16-11-18(33-35(16)15-5-6-15)25(36)32-23(21-19-10-14(27)12-34(19)13-30-21)22-20(28)17-4-3-9-29-24(17)31-22/h3-4,9,11,13-15,23,37H,5-6,10,12H2,1-2H3,(H,29,31)(H,32,36)/t14-,23?/m1/s1. The lowest BCUT2D eigenvalue weighted by Gasteiger charge is -2.17. The van der Waals surface area contributed by atoms with Crippen molar-refractivity contribution in [2.45, 2.75) is 63.5 Å². The van der Waals surface area contributed by atoms with Gasteiger partial charge in [-0.3, -0.25) is 9.48 Å². The highest BCUT2D eigenvalue weighted by molar-refractivity contribution is 5.93.